The summed E-state index contributed by atoms with van der Waals surface area (Å²) in [7, 11) is 0. The van der Waals surface area contributed by atoms with Gasteiger partial charge >= 0.3 is 18.5 Å². The summed E-state index contributed by atoms with van der Waals surface area (Å²) < 4.78 is 78.7. The van der Waals surface area contributed by atoms with Crippen LogP contribution in [-0.4, -0.2) is 12.4 Å². The molecule has 0 aliphatic carbocycles. The van der Waals surface area contributed by atoms with Crippen LogP contribution in [0, 0.1) is 0 Å². The zero-order valence-corrected chi connectivity index (χ0v) is 5.09. The first-order valence-electron chi connectivity index (χ1n) is 2.27. The van der Waals surface area contributed by atoms with Crippen LogP contribution in [0.2, 0.25) is 0 Å². The van der Waals surface area contributed by atoms with E-state index in [2.05, 4.69) is 0 Å². The Morgan fingerprint density at radius 3 is 1.42 bits per heavy atom. The molecular weight excluding hydrogens is 195 g/mol. The van der Waals surface area contributed by atoms with Crippen molar-refractivity contribution in [1.29, 1.82) is 0 Å². The smallest absolute Gasteiger partial charge is 0.183 e. The van der Waals surface area contributed by atoms with Crippen LogP contribution in [0.3, 0.4) is 0 Å². The molecule has 0 unspecified atom stereocenters. The van der Waals surface area contributed by atoms with Gasteiger partial charge in [0.05, 0.1) is 0 Å². The average Bonchev–Trinajstić information content (AvgIpc) is 1.79. The first-order valence-corrected chi connectivity index (χ1v) is 2.27. The van der Waals surface area contributed by atoms with Crippen molar-refractivity contribution in [2.45, 2.75) is 6.18 Å². The van der Waals surface area contributed by atoms with Crippen LogP contribution >= 0.6 is 0 Å². The first kappa shape index (κ1) is 10.9. The highest BCUT2D eigenvalue weighted by Gasteiger charge is 2.38. The highest BCUT2D eigenvalue weighted by atomic mass is 19.4. The Bertz CT molecular complexity index is 216. The zero-order chi connectivity index (χ0) is 9.94. The fourth-order valence-electron chi connectivity index (χ4n) is 0.297. The Labute approximate surface area is 61.2 Å². The molecule has 12 heavy (non-hydrogen) atoms. The molecule has 0 atom stereocenters. The number of nitrogens with zero attached hydrogens (tertiary/aromatic N) is 1. The van der Waals surface area contributed by atoms with E-state index < -0.39 is 24.2 Å². The van der Waals surface area contributed by atoms with E-state index in [0.29, 0.717) is 0 Å². The van der Waals surface area contributed by atoms with E-state index in [-0.39, 0.29) is 0 Å². The monoisotopic (exact) mass is 195 g/mol. The third kappa shape index (κ3) is 3.35. The lowest BCUT2D eigenvalue weighted by atomic mass is 10.5. The Kier molecular flexibility index (Phi) is 3.23. The largest absolute Gasteiger partial charge is 0.438 e. The molecule has 70 valence electrons. The summed E-state index contributed by atoms with van der Waals surface area (Å²) in [4.78, 5) is 1.34. The molecule has 0 amide bonds. The van der Waals surface area contributed by atoms with E-state index in [0.717, 1.165) is 0 Å². The third-order valence-corrected chi connectivity index (χ3v) is 0.644. The summed E-state index contributed by atoms with van der Waals surface area (Å²) in [5.74, 6) is 0. The molecule has 1 nitrogen and oxygen atoms in total. The van der Waals surface area contributed by atoms with Crippen LogP contribution in [0.15, 0.2) is 16.8 Å². The molecule has 0 aliphatic rings. The van der Waals surface area contributed by atoms with E-state index in [1.165, 1.54) is 4.99 Å². The summed E-state index contributed by atoms with van der Waals surface area (Å²) in [5.41, 5.74) is -2.87. The van der Waals surface area contributed by atoms with Gasteiger partial charge < -0.3 is 0 Å². The highest BCUT2D eigenvalue weighted by molar-refractivity contribution is 5.65. The van der Waals surface area contributed by atoms with Crippen molar-refractivity contribution in [2.24, 2.45) is 4.99 Å². The van der Waals surface area contributed by atoms with Crippen LogP contribution in [0.1, 0.15) is 0 Å². The molecule has 0 N–H and O–H groups in total. The Hall–Kier alpha value is -1.08. The summed E-state index contributed by atoms with van der Waals surface area (Å²) in [5, 5.41) is 0. The second-order valence-corrected chi connectivity index (χ2v) is 1.46. The van der Waals surface area contributed by atoms with Gasteiger partial charge in [-0.05, 0) is 0 Å². The minimum atomic E-state index is -5.57. The molecular formula is C4F7N. The lowest BCUT2D eigenvalue weighted by Crippen LogP contribution is -2.11. The SMILES string of the molecule is FC(F)=NC(=C(F)F)C(F)(F)F. The number of rotatable bonds is 1. The molecule has 0 saturated heterocycles. The predicted octanol–water partition coefficient (Wildman–Crippen LogP) is 2.95. The van der Waals surface area contributed by atoms with Crippen LogP contribution in [0.25, 0.3) is 0 Å². The van der Waals surface area contributed by atoms with Crippen molar-refractivity contribution in [3.05, 3.63) is 11.8 Å². The maximum Gasteiger partial charge on any atom is 0.438 e. The Morgan fingerprint density at radius 1 is 0.917 bits per heavy atom. The highest BCUT2D eigenvalue weighted by Crippen LogP contribution is 2.30. The second-order valence-electron chi connectivity index (χ2n) is 1.46. The molecule has 0 aliphatic heterocycles. The normalized spacial score (nSPS) is 10.9. The van der Waals surface area contributed by atoms with Gasteiger partial charge in [-0.15, -0.1) is 0 Å². The lowest BCUT2D eigenvalue weighted by molar-refractivity contribution is -0.0960. The third-order valence-electron chi connectivity index (χ3n) is 0.644. The molecule has 8 heteroatoms. The Balaban J connectivity index is 4.99. The number of halogens is 7. The molecule has 0 radical (unpaired) electrons. The van der Waals surface area contributed by atoms with Gasteiger partial charge in [-0.3, -0.25) is 0 Å². The van der Waals surface area contributed by atoms with Crippen LogP contribution < -0.4 is 0 Å². The molecule has 0 bridgehead atoms. The van der Waals surface area contributed by atoms with Gasteiger partial charge in [0.2, 0.25) is 5.70 Å². The maximum atomic E-state index is 11.4. The van der Waals surface area contributed by atoms with Crippen LogP contribution in [0.4, 0.5) is 30.7 Å². The van der Waals surface area contributed by atoms with Crippen molar-refractivity contribution >= 4 is 6.22 Å². The topological polar surface area (TPSA) is 12.4 Å². The van der Waals surface area contributed by atoms with Crippen molar-refractivity contribution in [3.8, 4) is 0 Å². The Morgan fingerprint density at radius 2 is 1.33 bits per heavy atom. The fraction of sp³-hybridized carbons (Fsp3) is 0.250. The van der Waals surface area contributed by atoms with Gasteiger partial charge in [0.25, 0.3) is 0 Å². The summed E-state index contributed by atoms with van der Waals surface area (Å²) in [6.45, 7) is 0. The van der Waals surface area contributed by atoms with Gasteiger partial charge in [-0.1, -0.05) is 0 Å². The number of aliphatic imine (C=N–C) groups is 1. The molecule has 0 aromatic heterocycles. The van der Waals surface area contributed by atoms with E-state index in [9.17, 15) is 30.7 Å². The molecule has 0 aromatic rings. The van der Waals surface area contributed by atoms with Crippen LogP contribution in [0.5, 0.6) is 0 Å². The van der Waals surface area contributed by atoms with Gasteiger partial charge in [0, 0.05) is 0 Å². The van der Waals surface area contributed by atoms with E-state index in [1.807, 2.05) is 0 Å². The number of allylic oxidation sites excluding steroid dienone is 1. The molecule has 0 aromatic carbocycles. The summed E-state index contributed by atoms with van der Waals surface area (Å²) >= 11 is 0. The van der Waals surface area contributed by atoms with Crippen molar-refractivity contribution in [3.63, 3.8) is 0 Å². The van der Waals surface area contributed by atoms with E-state index in [1.54, 1.807) is 0 Å². The summed E-state index contributed by atoms with van der Waals surface area (Å²) in [6, 6.07) is 0. The molecule has 0 heterocycles. The average molecular weight is 195 g/mol. The number of hydrogen-bond donors (Lipinski definition) is 0. The van der Waals surface area contributed by atoms with Gasteiger partial charge in [-0.2, -0.15) is 35.7 Å². The van der Waals surface area contributed by atoms with Gasteiger partial charge in [-0.25, -0.2) is 0 Å². The first-order chi connectivity index (χ1) is 5.25. The zero-order valence-electron chi connectivity index (χ0n) is 5.09. The van der Waals surface area contributed by atoms with Crippen molar-refractivity contribution in [2.75, 3.05) is 0 Å². The minimum Gasteiger partial charge on any atom is -0.183 e. The standard InChI is InChI=1S/C4F7N/c5-2(6)1(4(9,10)11)12-3(7)8. The fourth-order valence-corrected chi connectivity index (χ4v) is 0.297. The minimum absolute atomic E-state index is 1.34. The van der Waals surface area contributed by atoms with E-state index in [4.69, 9.17) is 0 Å². The maximum absolute atomic E-state index is 11.4. The molecule has 0 rings (SSSR count). The molecule has 0 spiro atoms. The second kappa shape index (κ2) is 3.55. The molecule has 0 fully saturated rings. The lowest BCUT2D eigenvalue weighted by Gasteiger charge is -2.03. The van der Waals surface area contributed by atoms with Crippen molar-refractivity contribution in [1.82, 2.24) is 0 Å². The van der Waals surface area contributed by atoms with Crippen molar-refractivity contribution < 1.29 is 30.7 Å². The van der Waals surface area contributed by atoms with Gasteiger partial charge in [0.1, 0.15) is 0 Å². The van der Waals surface area contributed by atoms with Gasteiger partial charge in [0.15, 0.2) is 0 Å². The van der Waals surface area contributed by atoms with Crippen LogP contribution in [-0.2, 0) is 0 Å². The summed E-state index contributed by atoms with van der Waals surface area (Å²) in [6.07, 6.45) is -11.9. The quantitative estimate of drug-likeness (QED) is 0.450. The molecule has 0 saturated carbocycles. The van der Waals surface area contributed by atoms with E-state index >= 15 is 0 Å². The number of hydrogen-bond acceptors (Lipinski definition) is 1. The predicted molar refractivity (Wildman–Crippen MR) is 24.9 cm³/mol. The number of alkyl halides is 3.